The van der Waals surface area contributed by atoms with Crippen LogP contribution < -0.4 is 10.6 Å². The van der Waals surface area contributed by atoms with Gasteiger partial charge in [-0.15, -0.1) is 0 Å². The Labute approximate surface area is 225 Å². The first kappa shape index (κ1) is 26.9. The molecule has 206 valence electrons. The second-order valence-corrected chi connectivity index (χ2v) is 11.9. The van der Waals surface area contributed by atoms with Crippen LogP contribution >= 0.6 is 0 Å². The Morgan fingerprint density at radius 1 is 1.16 bits per heavy atom. The standard InChI is InChI=1S/C30H41N3O5/c1-17(2)20-9-11-21(12-10-20)31-27(34)24-23-13-14-30(38-23)25(24)29(36)33(15-16-37-5)26(30)28(35)32-22-8-6-7-18(3)19(22)4/h9-14,17-19,22-26H,6-8,15-16H2,1-5H3,(H,31,34)(H,32,35)/t18?,19?,22?,23-,24?,25-,26?,30?/m1/s1. The molecule has 0 radical (unpaired) electrons. The molecule has 2 bridgehead atoms. The van der Waals surface area contributed by atoms with Crippen LogP contribution in [0.25, 0.3) is 0 Å². The molecule has 3 heterocycles. The first-order valence-corrected chi connectivity index (χ1v) is 14.1. The Morgan fingerprint density at radius 3 is 2.58 bits per heavy atom. The van der Waals surface area contributed by atoms with Crippen LogP contribution in [0.4, 0.5) is 5.69 Å². The molecule has 8 atom stereocenters. The molecular weight excluding hydrogens is 482 g/mol. The third kappa shape index (κ3) is 4.45. The van der Waals surface area contributed by atoms with E-state index in [0.717, 1.165) is 19.3 Å². The van der Waals surface area contributed by atoms with Gasteiger partial charge in [0.15, 0.2) is 0 Å². The molecule has 38 heavy (non-hydrogen) atoms. The van der Waals surface area contributed by atoms with Gasteiger partial charge in [-0.05, 0) is 41.9 Å². The zero-order valence-electron chi connectivity index (χ0n) is 23.1. The molecule has 3 amide bonds. The number of amides is 3. The lowest BCUT2D eigenvalue weighted by molar-refractivity contribution is -0.142. The molecule has 2 N–H and O–H groups in total. The first-order valence-electron chi connectivity index (χ1n) is 14.1. The monoisotopic (exact) mass is 523 g/mol. The van der Waals surface area contributed by atoms with Crippen molar-refractivity contribution in [2.45, 2.75) is 76.7 Å². The van der Waals surface area contributed by atoms with Gasteiger partial charge in [-0.25, -0.2) is 0 Å². The molecule has 3 fully saturated rings. The third-order valence-corrected chi connectivity index (χ3v) is 9.34. The minimum Gasteiger partial charge on any atom is -0.383 e. The summed E-state index contributed by atoms with van der Waals surface area (Å²) in [6.45, 7) is 9.20. The van der Waals surface area contributed by atoms with Crippen LogP contribution in [-0.2, 0) is 23.9 Å². The fourth-order valence-corrected chi connectivity index (χ4v) is 6.92. The van der Waals surface area contributed by atoms with Crippen LogP contribution in [0.5, 0.6) is 0 Å². The van der Waals surface area contributed by atoms with E-state index in [1.807, 2.05) is 36.4 Å². The van der Waals surface area contributed by atoms with E-state index in [2.05, 4.69) is 38.3 Å². The van der Waals surface area contributed by atoms with E-state index in [1.54, 1.807) is 12.0 Å². The van der Waals surface area contributed by atoms with Gasteiger partial charge in [0.1, 0.15) is 11.6 Å². The molecular formula is C30H41N3O5. The number of carbonyl (C=O) groups is 3. The molecule has 2 saturated heterocycles. The van der Waals surface area contributed by atoms with Gasteiger partial charge in [0.05, 0.1) is 24.5 Å². The highest BCUT2D eigenvalue weighted by molar-refractivity contribution is 6.02. The number of benzene rings is 1. The molecule has 1 spiro atoms. The SMILES string of the molecule is COCCN1C(=O)[C@H]2C(C(=O)Nc3ccc(C(C)C)cc3)[C@H]3C=CC2(O3)C1C(=O)NC1CCCC(C)C1C. The molecule has 0 aromatic heterocycles. The lowest BCUT2D eigenvalue weighted by Gasteiger charge is -2.38. The number of carbonyl (C=O) groups excluding carboxylic acids is 3. The number of methoxy groups -OCH3 is 1. The second kappa shape index (κ2) is 10.5. The fourth-order valence-electron chi connectivity index (χ4n) is 6.92. The van der Waals surface area contributed by atoms with Crippen molar-refractivity contribution in [1.82, 2.24) is 10.2 Å². The Balaban J connectivity index is 1.40. The summed E-state index contributed by atoms with van der Waals surface area (Å²) in [5.74, 6) is -0.914. The van der Waals surface area contributed by atoms with Crippen molar-refractivity contribution in [2.24, 2.45) is 23.7 Å². The van der Waals surface area contributed by atoms with Gasteiger partial charge in [0.2, 0.25) is 17.7 Å². The van der Waals surface area contributed by atoms with E-state index in [-0.39, 0.29) is 30.3 Å². The van der Waals surface area contributed by atoms with Crippen molar-refractivity contribution in [3.8, 4) is 0 Å². The highest BCUT2D eigenvalue weighted by atomic mass is 16.5. The van der Waals surface area contributed by atoms with E-state index in [0.29, 0.717) is 30.0 Å². The van der Waals surface area contributed by atoms with Crippen molar-refractivity contribution in [3.63, 3.8) is 0 Å². The maximum absolute atomic E-state index is 13.9. The van der Waals surface area contributed by atoms with Gasteiger partial charge in [-0.2, -0.15) is 0 Å². The van der Waals surface area contributed by atoms with E-state index < -0.39 is 29.6 Å². The molecule has 1 saturated carbocycles. The number of anilines is 1. The minimum atomic E-state index is -1.16. The van der Waals surface area contributed by atoms with Crippen LogP contribution in [0.2, 0.25) is 0 Å². The summed E-state index contributed by atoms with van der Waals surface area (Å²) in [7, 11) is 1.57. The van der Waals surface area contributed by atoms with Crippen LogP contribution in [0.1, 0.15) is 58.4 Å². The summed E-state index contributed by atoms with van der Waals surface area (Å²) < 4.78 is 11.7. The summed E-state index contributed by atoms with van der Waals surface area (Å²) in [4.78, 5) is 42.9. The number of hydrogen-bond acceptors (Lipinski definition) is 5. The Hall–Kier alpha value is -2.71. The van der Waals surface area contributed by atoms with Crippen molar-refractivity contribution in [3.05, 3.63) is 42.0 Å². The topological polar surface area (TPSA) is 97.0 Å². The Morgan fingerprint density at radius 2 is 1.89 bits per heavy atom. The maximum Gasteiger partial charge on any atom is 0.246 e. The van der Waals surface area contributed by atoms with Gasteiger partial charge in [0.25, 0.3) is 0 Å². The predicted octanol–water partition coefficient (Wildman–Crippen LogP) is 3.49. The van der Waals surface area contributed by atoms with Crippen LogP contribution in [0, 0.1) is 23.7 Å². The summed E-state index contributed by atoms with van der Waals surface area (Å²) in [6.07, 6.45) is 6.30. The van der Waals surface area contributed by atoms with Crippen molar-refractivity contribution in [1.29, 1.82) is 0 Å². The van der Waals surface area contributed by atoms with E-state index in [4.69, 9.17) is 9.47 Å². The van der Waals surface area contributed by atoms with Gasteiger partial charge in [-0.3, -0.25) is 14.4 Å². The van der Waals surface area contributed by atoms with Gasteiger partial charge < -0.3 is 25.0 Å². The zero-order valence-corrected chi connectivity index (χ0v) is 23.1. The molecule has 3 aliphatic heterocycles. The molecule has 1 aliphatic carbocycles. The number of hydrogen-bond donors (Lipinski definition) is 2. The molecule has 5 rings (SSSR count). The van der Waals surface area contributed by atoms with E-state index in [9.17, 15) is 14.4 Å². The maximum atomic E-state index is 13.9. The largest absolute Gasteiger partial charge is 0.383 e. The van der Waals surface area contributed by atoms with Gasteiger partial charge in [-0.1, -0.05) is 64.8 Å². The summed E-state index contributed by atoms with van der Waals surface area (Å²) >= 11 is 0. The lowest BCUT2D eigenvalue weighted by Crippen LogP contribution is -2.58. The third-order valence-electron chi connectivity index (χ3n) is 9.34. The van der Waals surface area contributed by atoms with E-state index in [1.165, 1.54) is 5.56 Å². The molecule has 6 unspecified atom stereocenters. The predicted molar refractivity (Wildman–Crippen MR) is 144 cm³/mol. The normalized spacial score (nSPS) is 35.6. The number of nitrogens with zero attached hydrogens (tertiary/aromatic N) is 1. The van der Waals surface area contributed by atoms with Crippen molar-refractivity contribution < 1.29 is 23.9 Å². The second-order valence-electron chi connectivity index (χ2n) is 11.9. The first-order chi connectivity index (χ1) is 18.2. The minimum absolute atomic E-state index is 0.0524. The molecule has 4 aliphatic rings. The lowest BCUT2D eigenvalue weighted by atomic mass is 9.73. The van der Waals surface area contributed by atoms with Crippen LogP contribution in [0.15, 0.2) is 36.4 Å². The van der Waals surface area contributed by atoms with Crippen molar-refractivity contribution >= 4 is 23.4 Å². The molecule has 8 heteroatoms. The Kier molecular flexibility index (Phi) is 7.40. The number of rotatable bonds is 8. The number of likely N-dealkylation sites (tertiary alicyclic amines) is 1. The van der Waals surface area contributed by atoms with Gasteiger partial charge in [0, 0.05) is 25.4 Å². The summed E-state index contributed by atoms with van der Waals surface area (Å²) in [6, 6.07) is 6.98. The average molecular weight is 524 g/mol. The zero-order chi connectivity index (χ0) is 27.2. The highest BCUT2D eigenvalue weighted by Gasteiger charge is 2.72. The smallest absolute Gasteiger partial charge is 0.246 e. The van der Waals surface area contributed by atoms with Crippen LogP contribution in [-0.4, -0.2) is 66.7 Å². The number of nitrogens with one attached hydrogen (secondary N) is 2. The van der Waals surface area contributed by atoms with Gasteiger partial charge >= 0.3 is 0 Å². The summed E-state index contributed by atoms with van der Waals surface area (Å²) in [5.41, 5.74) is 0.701. The van der Waals surface area contributed by atoms with Crippen molar-refractivity contribution in [2.75, 3.05) is 25.6 Å². The average Bonchev–Trinajstić information content (AvgIpc) is 3.53. The molecule has 1 aromatic rings. The number of ether oxygens (including phenoxy) is 2. The fraction of sp³-hybridized carbons (Fsp3) is 0.633. The van der Waals surface area contributed by atoms with E-state index >= 15 is 0 Å². The van der Waals surface area contributed by atoms with Crippen LogP contribution in [0.3, 0.4) is 0 Å². The number of fused-ring (bicyclic) bond motifs is 1. The summed E-state index contributed by atoms with van der Waals surface area (Å²) in [5, 5.41) is 6.26. The molecule has 1 aromatic carbocycles. The molecule has 8 nitrogen and oxygen atoms in total. The Bertz CT molecular complexity index is 1100. The highest BCUT2D eigenvalue weighted by Crippen LogP contribution is 2.55. The quantitative estimate of drug-likeness (QED) is 0.509.